The van der Waals surface area contributed by atoms with Gasteiger partial charge in [-0.2, -0.15) is 0 Å². The number of halogens is 1. The summed E-state index contributed by atoms with van der Waals surface area (Å²) in [4.78, 5) is 26.8. The number of hydrogen-bond acceptors (Lipinski definition) is 2. The molecule has 0 N–H and O–H groups in total. The average Bonchev–Trinajstić information content (AvgIpc) is 2.71. The fourth-order valence-electron chi connectivity index (χ4n) is 3.72. The van der Waals surface area contributed by atoms with E-state index in [-0.39, 0.29) is 23.3 Å². The van der Waals surface area contributed by atoms with Gasteiger partial charge in [-0.25, -0.2) is 0 Å². The van der Waals surface area contributed by atoms with Crippen LogP contribution in [0.4, 0.5) is 0 Å². The summed E-state index contributed by atoms with van der Waals surface area (Å²) >= 11 is 3.41. The molecule has 1 heterocycles. The van der Waals surface area contributed by atoms with Gasteiger partial charge in [0.05, 0.1) is 11.5 Å². The lowest BCUT2D eigenvalue weighted by molar-refractivity contribution is -0.144. The Morgan fingerprint density at radius 1 is 1.10 bits per heavy atom. The van der Waals surface area contributed by atoms with Crippen molar-refractivity contribution >= 4 is 27.7 Å². The highest BCUT2D eigenvalue weighted by Gasteiger charge is 2.52. The second-order valence-electron chi connectivity index (χ2n) is 6.31. The van der Waals surface area contributed by atoms with Crippen molar-refractivity contribution in [3.8, 4) is 0 Å². The fraction of sp³-hybridized carbons (Fsp3) is 0.529. The van der Waals surface area contributed by atoms with Crippen LogP contribution in [0.2, 0.25) is 0 Å². The first-order valence-electron chi connectivity index (χ1n) is 7.65. The molecule has 0 aromatic heterocycles. The molecule has 1 aromatic rings. The summed E-state index contributed by atoms with van der Waals surface area (Å²) in [5.74, 6) is 0.0555. The van der Waals surface area contributed by atoms with Gasteiger partial charge in [-0.15, -0.1) is 0 Å². The Hall–Kier alpha value is -1.16. The molecule has 0 bridgehead atoms. The standard InChI is InChI=1S/C17H20BrNO2/c1-12(13-5-7-14(18)8-6-13)19-15(20)11-17(16(19)21)9-3-2-4-10-17/h5-8,12H,2-4,9-11H2,1H3. The number of carbonyl (C=O) groups excluding carboxylic acids is 2. The zero-order valence-corrected chi connectivity index (χ0v) is 13.9. The van der Waals surface area contributed by atoms with Crippen LogP contribution in [-0.4, -0.2) is 16.7 Å². The van der Waals surface area contributed by atoms with Crippen molar-refractivity contribution in [1.82, 2.24) is 4.90 Å². The predicted octanol–water partition coefficient (Wildman–Crippen LogP) is 4.22. The van der Waals surface area contributed by atoms with Gasteiger partial charge in [-0.1, -0.05) is 47.3 Å². The molecule has 3 rings (SSSR count). The summed E-state index contributed by atoms with van der Waals surface area (Å²) in [6.07, 6.45) is 5.49. The lowest BCUT2D eigenvalue weighted by Crippen LogP contribution is -2.38. The fourth-order valence-corrected chi connectivity index (χ4v) is 3.98. The van der Waals surface area contributed by atoms with Crippen molar-refractivity contribution in [3.63, 3.8) is 0 Å². The van der Waals surface area contributed by atoms with Crippen LogP contribution in [-0.2, 0) is 9.59 Å². The van der Waals surface area contributed by atoms with E-state index < -0.39 is 0 Å². The number of nitrogens with zero attached hydrogens (tertiary/aromatic N) is 1. The zero-order valence-electron chi connectivity index (χ0n) is 12.3. The van der Waals surface area contributed by atoms with Crippen LogP contribution in [0.1, 0.15) is 57.1 Å². The third-order valence-electron chi connectivity index (χ3n) is 4.98. The highest BCUT2D eigenvalue weighted by atomic mass is 79.9. The Labute approximate surface area is 133 Å². The lowest BCUT2D eigenvalue weighted by Gasteiger charge is -2.32. The number of imide groups is 1. The van der Waals surface area contributed by atoms with E-state index in [9.17, 15) is 9.59 Å². The minimum absolute atomic E-state index is 0.00248. The van der Waals surface area contributed by atoms with Gasteiger partial charge in [0.2, 0.25) is 11.8 Å². The molecule has 1 atom stereocenters. The molecule has 21 heavy (non-hydrogen) atoms. The number of likely N-dealkylation sites (tertiary alicyclic amines) is 1. The Morgan fingerprint density at radius 2 is 1.71 bits per heavy atom. The molecule has 1 saturated carbocycles. The Morgan fingerprint density at radius 3 is 2.33 bits per heavy atom. The molecule has 2 aliphatic rings. The molecule has 1 spiro atoms. The summed E-state index contributed by atoms with van der Waals surface area (Å²) in [7, 11) is 0. The first-order valence-corrected chi connectivity index (χ1v) is 8.45. The highest BCUT2D eigenvalue weighted by Crippen LogP contribution is 2.47. The lowest BCUT2D eigenvalue weighted by atomic mass is 9.73. The monoisotopic (exact) mass is 349 g/mol. The Balaban J connectivity index is 1.86. The summed E-state index contributed by atoms with van der Waals surface area (Å²) in [6, 6.07) is 7.67. The molecule has 1 aliphatic carbocycles. The maximum absolute atomic E-state index is 12.9. The largest absolute Gasteiger partial charge is 0.275 e. The van der Waals surface area contributed by atoms with Crippen LogP contribution in [0.5, 0.6) is 0 Å². The molecule has 3 nitrogen and oxygen atoms in total. The van der Waals surface area contributed by atoms with E-state index in [4.69, 9.17) is 0 Å². The number of carbonyl (C=O) groups is 2. The Bertz CT molecular complexity index is 561. The van der Waals surface area contributed by atoms with E-state index >= 15 is 0 Å². The van der Waals surface area contributed by atoms with E-state index in [1.54, 1.807) is 0 Å². The summed E-state index contributed by atoms with van der Waals surface area (Å²) < 4.78 is 1.00. The second-order valence-corrected chi connectivity index (χ2v) is 7.23. The molecule has 4 heteroatoms. The van der Waals surface area contributed by atoms with Gasteiger partial charge in [0.1, 0.15) is 0 Å². The molecule has 1 aliphatic heterocycles. The summed E-state index contributed by atoms with van der Waals surface area (Å²) in [6.45, 7) is 1.95. The smallest absolute Gasteiger partial charge is 0.236 e. The number of rotatable bonds is 2. The van der Waals surface area contributed by atoms with Crippen LogP contribution >= 0.6 is 15.9 Å². The maximum Gasteiger partial charge on any atom is 0.236 e. The van der Waals surface area contributed by atoms with Crippen LogP contribution in [0.25, 0.3) is 0 Å². The van der Waals surface area contributed by atoms with Crippen LogP contribution in [0.3, 0.4) is 0 Å². The zero-order chi connectivity index (χ0) is 15.0. The van der Waals surface area contributed by atoms with Crippen molar-refractivity contribution in [1.29, 1.82) is 0 Å². The number of hydrogen-bond donors (Lipinski definition) is 0. The molecule has 1 saturated heterocycles. The van der Waals surface area contributed by atoms with E-state index in [0.717, 1.165) is 35.7 Å². The quantitative estimate of drug-likeness (QED) is 0.749. The maximum atomic E-state index is 12.9. The third kappa shape index (κ3) is 2.54. The molecule has 1 unspecified atom stereocenters. The molecule has 2 amide bonds. The normalized spacial score (nSPS) is 22.9. The second kappa shape index (κ2) is 5.56. The van der Waals surface area contributed by atoms with Gasteiger partial charge in [0.15, 0.2) is 0 Å². The first-order chi connectivity index (χ1) is 10.0. The van der Waals surface area contributed by atoms with E-state index in [1.165, 1.54) is 11.3 Å². The van der Waals surface area contributed by atoms with Gasteiger partial charge in [0, 0.05) is 10.9 Å². The molecule has 0 radical (unpaired) electrons. The van der Waals surface area contributed by atoms with Crippen molar-refractivity contribution in [2.75, 3.05) is 0 Å². The third-order valence-corrected chi connectivity index (χ3v) is 5.51. The van der Waals surface area contributed by atoms with Crippen molar-refractivity contribution in [2.45, 2.75) is 51.5 Å². The first kappa shape index (κ1) is 14.8. The predicted molar refractivity (Wildman–Crippen MR) is 84.5 cm³/mol. The molecule has 112 valence electrons. The summed E-state index contributed by atoms with van der Waals surface area (Å²) in [5, 5.41) is 0. The highest BCUT2D eigenvalue weighted by molar-refractivity contribution is 9.10. The number of amides is 2. The van der Waals surface area contributed by atoms with Crippen molar-refractivity contribution < 1.29 is 9.59 Å². The van der Waals surface area contributed by atoms with E-state index in [2.05, 4.69) is 15.9 Å². The van der Waals surface area contributed by atoms with Gasteiger partial charge in [-0.05, 0) is 37.5 Å². The average molecular weight is 350 g/mol. The molecule has 2 fully saturated rings. The van der Waals surface area contributed by atoms with Crippen molar-refractivity contribution in [3.05, 3.63) is 34.3 Å². The van der Waals surface area contributed by atoms with Gasteiger partial charge in [0.25, 0.3) is 0 Å². The minimum atomic E-state index is -0.390. The van der Waals surface area contributed by atoms with Crippen LogP contribution in [0, 0.1) is 5.41 Å². The molecular weight excluding hydrogens is 330 g/mol. The Kier molecular flexibility index (Phi) is 3.91. The summed E-state index contributed by atoms with van der Waals surface area (Å²) in [5.41, 5.74) is 0.617. The van der Waals surface area contributed by atoms with Gasteiger partial charge >= 0.3 is 0 Å². The molecular formula is C17H20BrNO2. The van der Waals surface area contributed by atoms with E-state index in [0.29, 0.717) is 6.42 Å². The number of benzene rings is 1. The van der Waals surface area contributed by atoms with Crippen LogP contribution < -0.4 is 0 Å². The van der Waals surface area contributed by atoms with Crippen LogP contribution in [0.15, 0.2) is 28.7 Å². The topological polar surface area (TPSA) is 37.4 Å². The minimum Gasteiger partial charge on any atom is -0.275 e. The van der Waals surface area contributed by atoms with Crippen molar-refractivity contribution in [2.24, 2.45) is 5.41 Å². The van der Waals surface area contributed by atoms with Gasteiger partial charge < -0.3 is 0 Å². The van der Waals surface area contributed by atoms with Gasteiger partial charge in [-0.3, -0.25) is 14.5 Å². The SMILES string of the molecule is CC(c1ccc(Br)cc1)N1C(=O)CC2(CCCCC2)C1=O. The van der Waals surface area contributed by atoms with E-state index in [1.807, 2.05) is 31.2 Å². The molecule has 1 aromatic carbocycles.